The highest BCUT2D eigenvalue weighted by Gasteiger charge is 2.14. The van der Waals surface area contributed by atoms with Crippen LogP contribution in [0.4, 0.5) is 4.39 Å². The van der Waals surface area contributed by atoms with Crippen LogP contribution in [0.3, 0.4) is 0 Å². The Balaban J connectivity index is 1.41. The van der Waals surface area contributed by atoms with Gasteiger partial charge in [0.15, 0.2) is 5.96 Å². The fourth-order valence-electron chi connectivity index (χ4n) is 3.09. The van der Waals surface area contributed by atoms with Crippen molar-refractivity contribution in [2.45, 2.75) is 19.5 Å². The highest BCUT2D eigenvalue weighted by atomic mass is 19.1. The van der Waals surface area contributed by atoms with Gasteiger partial charge in [-0.25, -0.2) is 4.39 Å². The standard InChI is InChI=1S/C20H25FN4/c1-22-20(24-14-16-6-8-19(21)9-7-16)23-11-13-25-12-10-17-4-2-3-5-18(17)15-25/h2-9H,10-15H2,1H3,(H2,22,23,24). The number of hydrogen-bond acceptors (Lipinski definition) is 2. The van der Waals surface area contributed by atoms with Crippen molar-refractivity contribution in [1.82, 2.24) is 15.5 Å². The van der Waals surface area contributed by atoms with Gasteiger partial charge >= 0.3 is 0 Å². The lowest BCUT2D eigenvalue weighted by atomic mass is 10.00. The minimum Gasteiger partial charge on any atom is -0.355 e. The molecule has 5 heteroatoms. The van der Waals surface area contributed by atoms with Gasteiger partial charge in [0, 0.05) is 39.8 Å². The molecule has 3 rings (SSSR count). The van der Waals surface area contributed by atoms with Crippen molar-refractivity contribution in [3.8, 4) is 0 Å². The summed E-state index contributed by atoms with van der Waals surface area (Å²) in [5.74, 6) is 0.552. The maximum atomic E-state index is 12.9. The second-order valence-electron chi connectivity index (χ2n) is 6.27. The SMILES string of the molecule is CN=C(NCCN1CCc2ccccc2C1)NCc1ccc(F)cc1. The minimum absolute atomic E-state index is 0.214. The molecule has 0 aliphatic carbocycles. The molecule has 0 bridgehead atoms. The number of benzene rings is 2. The van der Waals surface area contributed by atoms with E-state index in [-0.39, 0.29) is 5.82 Å². The third kappa shape index (κ3) is 5.03. The molecule has 0 saturated heterocycles. The lowest BCUT2D eigenvalue weighted by molar-refractivity contribution is 0.258. The number of fused-ring (bicyclic) bond motifs is 1. The molecule has 0 saturated carbocycles. The molecule has 0 amide bonds. The van der Waals surface area contributed by atoms with Crippen LogP contribution >= 0.6 is 0 Å². The molecule has 0 fully saturated rings. The van der Waals surface area contributed by atoms with Gasteiger partial charge < -0.3 is 10.6 Å². The van der Waals surface area contributed by atoms with Crippen LogP contribution in [0.25, 0.3) is 0 Å². The molecule has 0 unspecified atom stereocenters. The molecule has 1 aliphatic rings. The monoisotopic (exact) mass is 340 g/mol. The van der Waals surface area contributed by atoms with Crippen molar-refractivity contribution in [2.24, 2.45) is 4.99 Å². The Morgan fingerprint density at radius 2 is 1.84 bits per heavy atom. The van der Waals surface area contributed by atoms with Gasteiger partial charge in [-0.3, -0.25) is 9.89 Å². The van der Waals surface area contributed by atoms with Gasteiger partial charge in [0.05, 0.1) is 0 Å². The van der Waals surface area contributed by atoms with E-state index in [1.165, 1.54) is 23.3 Å². The minimum atomic E-state index is -0.214. The highest BCUT2D eigenvalue weighted by molar-refractivity contribution is 5.79. The second-order valence-corrected chi connectivity index (χ2v) is 6.27. The summed E-state index contributed by atoms with van der Waals surface area (Å²) in [5.41, 5.74) is 3.94. The number of nitrogens with one attached hydrogen (secondary N) is 2. The lowest BCUT2D eigenvalue weighted by Crippen LogP contribution is -2.42. The lowest BCUT2D eigenvalue weighted by Gasteiger charge is -2.28. The van der Waals surface area contributed by atoms with E-state index < -0.39 is 0 Å². The maximum absolute atomic E-state index is 12.9. The average molecular weight is 340 g/mol. The number of guanidine groups is 1. The normalized spacial score (nSPS) is 14.9. The van der Waals surface area contributed by atoms with Gasteiger partial charge in [0.2, 0.25) is 0 Å². The number of halogens is 1. The predicted octanol–water partition coefficient (Wildman–Crippen LogP) is 2.55. The van der Waals surface area contributed by atoms with Crippen LogP contribution in [-0.2, 0) is 19.5 Å². The smallest absolute Gasteiger partial charge is 0.191 e. The Hall–Kier alpha value is -2.40. The highest BCUT2D eigenvalue weighted by Crippen LogP contribution is 2.17. The molecule has 0 spiro atoms. The Labute approximate surface area is 148 Å². The summed E-state index contributed by atoms with van der Waals surface area (Å²) in [5, 5.41) is 6.60. The van der Waals surface area contributed by atoms with Crippen molar-refractivity contribution in [3.63, 3.8) is 0 Å². The molecular formula is C20H25FN4. The first-order chi connectivity index (χ1) is 12.2. The summed E-state index contributed by atoms with van der Waals surface area (Å²) in [4.78, 5) is 6.70. The Morgan fingerprint density at radius 1 is 1.08 bits per heavy atom. The topological polar surface area (TPSA) is 39.7 Å². The zero-order valence-corrected chi connectivity index (χ0v) is 14.6. The summed E-state index contributed by atoms with van der Waals surface area (Å²) < 4.78 is 12.9. The molecule has 4 nitrogen and oxygen atoms in total. The number of hydrogen-bond donors (Lipinski definition) is 2. The number of rotatable bonds is 5. The molecule has 1 aliphatic heterocycles. The first-order valence-electron chi connectivity index (χ1n) is 8.72. The van der Waals surface area contributed by atoms with E-state index in [1.54, 1.807) is 19.2 Å². The van der Waals surface area contributed by atoms with Crippen LogP contribution in [0.2, 0.25) is 0 Å². The van der Waals surface area contributed by atoms with E-state index in [0.29, 0.717) is 6.54 Å². The van der Waals surface area contributed by atoms with Crippen LogP contribution in [0.5, 0.6) is 0 Å². The molecule has 0 atom stereocenters. The quantitative estimate of drug-likeness (QED) is 0.649. The van der Waals surface area contributed by atoms with Gasteiger partial charge in [0.25, 0.3) is 0 Å². The molecule has 2 aromatic rings. The van der Waals surface area contributed by atoms with Crippen molar-refractivity contribution in [1.29, 1.82) is 0 Å². The summed E-state index contributed by atoms with van der Waals surface area (Å²) in [6.07, 6.45) is 1.12. The Bertz CT molecular complexity index is 712. The van der Waals surface area contributed by atoms with Crippen molar-refractivity contribution in [2.75, 3.05) is 26.7 Å². The van der Waals surface area contributed by atoms with Crippen molar-refractivity contribution < 1.29 is 4.39 Å². The Morgan fingerprint density at radius 3 is 2.60 bits per heavy atom. The summed E-state index contributed by atoms with van der Waals surface area (Å²) in [6, 6.07) is 15.2. The summed E-state index contributed by atoms with van der Waals surface area (Å²) >= 11 is 0. The molecule has 2 N–H and O–H groups in total. The summed E-state index contributed by atoms with van der Waals surface area (Å²) in [7, 11) is 1.76. The van der Waals surface area contributed by atoms with Gasteiger partial charge in [-0.05, 0) is 35.2 Å². The second kappa shape index (κ2) is 8.62. The predicted molar refractivity (Wildman–Crippen MR) is 100 cm³/mol. The van der Waals surface area contributed by atoms with E-state index in [2.05, 4.69) is 44.8 Å². The van der Waals surface area contributed by atoms with E-state index in [4.69, 9.17) is 0 Å². The molecule has 25 heavy (non-hydrogen) atoms. The van der Waals surface area contributed by atoms with E-state index >= 15 is 0 Å². The van der Waals surface area contributed by atoms with Gasteiger partial charge in [-0.1, -0.05) is 36.4 Å². The molecule has 1 heterocycles. The molecular weight excluding hydrogens is 315 g/mol. The molecule has 2 aromatic carbocycles. The fourth-order valence-corrected chi connectivity index (χ4v) is 3.09. The van der Waals surface area contributed by atoms with Crippen LogP contribution in [0, 0.1) is 5.82 Å². The van der Waals surface area contributed by atoms with Crippen molar-refractivity contribution in [3.05, 3.63) is 71.0 Å². The van der Waals surface area contributed by atoms with Gasteiger partial charge in [-0.15, -0.1) is 0 Å². The molecule has 0 radical (unpaired) electrons. The largest absolute Gasteiger partial charge is 0.355 e. The Kier molecular flexibility index (Phi) is 6.01. The van der Waals surface area contributed by atoms with Crippen LogP contribution in [0.15, 0.2) is 53.5 Å². The molecule has 132 valence electrons. The zero-order valence-electron chi connectivity index (χ0n) is 14.6. The van der Waals surface area contributed by atoms with Crippen LogP contribution in [-0.4, -0.2) is 37.5 Å². The van der Waals surface area contributed by atoms with Crippen LogP contribution < -0.4 is 10.6 Å². The molecule has 0 aromatic heterocycles. The van der Waals surface area contributed by atoms with E-state index in [9.17, 15) is 4.39 Å². The fraction of sp³-hybridized carbons (Fsp3) is 0.350. The first kappa shape index (κ1) is 17.4. The third-order valence-electron chi connectivity index (χ3n) is 4.53. The van der Waals surface area contributed by atoms with Crippen LogP contribution in [0.1, 0.15) is 16.7 Å². The van der Waals surface area contributed by atoms with Crippen molar-refractivity contribution >= 4 is 5.96 Å². The number of nitrogens with zero attached hydrogens (tertiary/aromatic N) is 2. The third-order valence-corrected chi connectivity index (χ3v) is 4.53. The summed E-state index contributed by atoms with van der Waals surface area (Å²) in [6.45, 7) is 4.55. The average Bonchev–Trinajstić information content (AvgIpc) is 2.65. The van der Waals surface area contributed by atoms with E-state index in [0.717, 1.165) is 44.1 Å². The number of aliphatic imine (C=N–C) groups is 1. The first-order valence-corrected chi connectivity index (χ1v) is 8.72. The van der Waals surface area contributed by atoms with Gasteiger partial charge in [-0.2, -0.15) is 0 Å². The van der Waals surface area contributed by atoms with E-state index in [1.807, 2.05) is 0 Å². The maximum Gasteiger partial charge on any atom is 0.191 e. The van der Waals surface area contributed by atoms with Gasteiger partial charge in [0.1, 0.15) is 5.82 Å². The zero-order chi connectivity index (χ0) is 17.5.